The molecule has 0 aliphatic heterocycles. The number of ether oxygens (including phenoxy) is 2. The largest absolute Gasteiger partial charge is 0.490 e. The maximum absolute atomic E-state index is 12.2. The molecule has 0 radical (unpaired) electrons. The minimum Gasteiger partial charge on any atom is -0.490 e. The first-order chi connectivity index (χ1) is 17.9. The third kappa shape index (κ3) is 7.44. The van der Waals surface area contributed by atoms with Crippen molar-refractivity contribution in [3.05, 3.63) is 88.2 Å². The first-order valence-corrected chi connectivity index (χ1v) is 13.1. The molecule has 7 nitrogen and oxygen atoms in total. The van der Waals surface area contributed by atoms with Crippen molar-refractivity contribution < 1.29 is 14.3 Å². The van der Waals surface area contributed by atoms with Crippen molar-refractivity contribution in [2.45, 2.75) is 32.5 Å². The van der Waals surface area contributed by atoms with Gasteiger partial charge in [0.25, 0.3) is 5.91 Å². The Balaban J connectivity index is 1.38. The second-order valence-electron chi connectivity index (χ2n) is 8.25. The number of thioether (sulfide) groups is 1. The van der Waals surface area contributed by atoms with Crippen LogP contribution in [0.15, 0.2) is 70.9 Å². The van der Waals surface area contributed by atoms with Gasteiger partial charge in [0.2, 0.25) is 0 Å². The average molecular weight is 535 g/mol. The van der Waals surface area contributed by atoms with Gasteiger partial charge in [0.05, 0.1) is 23.6 Å². The highest BCUT2D eigenvalue weighted by atomic mass is 35.5. The van der Waals surface area contributed by atoms with E-state index in [1.165, 1.54) is 23.4 Å². The topological polar surface area (TPSA) is 85.7 Å². The zero-order chi connectivity index (χ0) is 26.2. The minimum atomic E-state index is -0.268. The Morgan fingerprint density at radius 3 is 2.54 bits per heavy atom. The summed E-state index contributed by atoms with van der Waals surface area (Å²) >= 11 is 7.80. The molecular formula is C28H27ClN4O3S. The van der Waals surface area contributed by atoms with Crippen molar-refractivity contribution in [2.24, 2.45) is 5.10 Å². The quantitative estimate of drug-likeness (QED) is 0.114. The van der Waals surface area contributed by atoms with Crippen LogP contribution in [0.2, 0.25) is 5.02 Å². The molecular weight excluding hydrogens is 508 g/mol. The smallest absolute Gasteiger partial charge is 0.250 e. The van der Waals surface area contributed by atoms with Gasteiger partial charge >= 0.3 is 0 Å². The lowest BCUT2D eigenvalue weighted by atomic mass is 10.1. The van der Waals surface area contributed by atoms with Gasteiger partial charge < -0.3 is 9.47 Å². The predicted octanol–water partition coefficient (Wildman–Crippen LogP) is 6.12. The second kappa shape index (κ2) is 12.6. The highest BCUT2D eigenvalue weighted by Crippen LogP contribution is 2.37. The summed E-state index contributed by atoms with van der Waals surface area (Å²) in [4.78, 5) is 20.8. The van der Waals surface area contributed by atoms with Crippen LogP contribution >= 0.6 is 23.4 Å². The fraction of sp³-hybridized carbons (Fsp3) is 0.214. The van der Waals surface area contributed by atoms with Crippen LogP contribution in [-0.2, 0) is 11.4 Å². The van der Waals surface area contributed by atoms with Crippen molar-refractivity contribution in [2.75, 3.05) is 12.4 Å². The molecule has 0 fully saturated rings. The number of benzene rings is 3. The number of carbonyl (C=O) groups excluding carboxylic acids is 1. The molecule has 1 amide bonds. The van der Waals surface area contributed by atoms with Crippen molar-refractivity contribution in [3.63, 3.8) is 0 Å². The number of hydrogen-bond donors (Lipinski definition) is 1. The molecule has 9 heteroatoms. The van der Waals surface area contributed by atoms with Crippen LogP contribution in [-0.4, -0.2) is 34.4 Å². The lowest BCUT2D eigenvalue weighted by molar-refractivity contribution is -0.118. The van der Waals surface area contributed by atoms with Gasteiger partial charge in [-0.05, 0) is 66.9 Å². The third-order valence-corrected chi connectivity index (χ3v) is 6.35. The molecule has 37 heavy (non-hydrogen) atoms. The number of nitrogens with zero attached hydrogens (tertiary/aromatic N) is 3. The van der Waals surface area contributed by atoms with Crippen molar-refractivity contribution in [1.82, 2.24) is 15.4 Å². The molecule has 1 heterocycles. The van der Waals surface area contributed by atoms with E-state index in [2.05, 4.69) is 44.8 Å². The number of fused-ring (bicyclic) bond motifs is 1. The molecule has 0 saturated heterocycles. The molecule has 0 atom stereocenters. The summed E-state index contributed by atoms with van der Waals surface area (Å²) in [6.07, 6.45) is 1.51. The molecule has 0 aliphatic carbocycles. The van der Waals surface area contributed by atoms with Crippen LogP contribution in [0.1, 0.15) is 29.4 Å². The van der Waals surface area contributed by atoms with E-state index in [1.807, 2.05) is 45.0 Å². The number of aryl methyl sites for hydroxylation is 2. The Morgan fingerprint density at radius 2 is 1.78 bits per heavy atom. The van der Waals surface area contributed by atoms with Gasteiger partial charge in [0.1, 0.15) is 6.61 Å². The third-order valence-electron chi connectivity index (χ3n) is 5.23. The van der Waals surface area contributed by atoms with E-state index in [1.54, 1.807) is 12.1 Å². The van der Waals surface area contributed by atoms with E-state index < -0.39 is 0 Å². The Morgan fingerprint density at radius 1 is 1.03 bits per heavy atom. The van der Waals surface area contributed by atoms with E-state index >= 15 is 0 Å². The number of halogens is 1. The van der Waals surface area contributed by atoms with Crippen molar-refractivity contribution >= 4 is 46.3 Å². The molecule has 0 spiro atoms. The lowest BCUT2D eigenvalue weighted by Gasteiger charge is -2.15. The molecule has 0 saturated carbocycles. The zero-order valence-electron chi connectivity index (χ0n) is 20.8. The first kappa shape index (κ1) is 26.4. The zero-order valence-corrected chi connectivity index (χ0v) is 22.4. The standard InChI is InChI=1S/C28H27ClN4O3S/c1-4-35-25-14-21(15-30-33-26(34)17-37-28-31-18(2)11-19(3)32-28)13-24(29)27(25)36-16-20-9-10-22-7-5-6-8-23(22)12-20/h5-15H,4,16-17H2,1-3H3,(H,33,34)/b30-15-. The minimum absolute atomic E-state index is 0.146. The van der Waals surface area contributed by atoms with Crippen molar-refractivity contribution in [1.29, 1.82) is 0 Å². The SMILES string of the molecule is CCOc1cc(/C=N\NC(=O)CSc2nc(C)cc(C)n2)cc(Cl)c1OCc1ccc2ccccc2c1. The summed E-state index contributed by atoms with van der Waals surface area (Å²) in [5, 5.41) is 7.32. The summed E-state index contributed by atoms with van der Waals surface area (Å²) in [5.41, 5.74) is 5.93. The predicted molar refractivity (Wildman–Crippen MR) is 149 cm³/mol. The maximum atomic E-state index is 12.2. The number of hydrogen-bond acceptors (Lipinski definition) is 7. The second-order valence-corrected chi connectivity index (χ2v) is 9.60. The van der Waals surface area contributed by atoms with E-state index in [9.17, 15) is 4.79 Å². The Kier molecular flexibility index (Phi) is 8.98. The number of hydrazone groups is 1. The molecule has 1 N–H and O–H groups in total. The molecule has 0 aliphatic rings. The highest BCUT2D eigenvalue weighted by molar-refractivity contribution is 7.99. The van der Waals surface area contributed by atoms with Gasteiger partial charge in [-0.1, -0.05) is 59.8 Å². The van der Waals surface area contributed by atoms with Gasteiger partial charge in [-0.2, -0.15) is 5.10 Å². The summed E-state index contributed by atoms with van der Waals surface area (Å²) < 4.78 is 11.8. The van der Waals surface area contributed by atoms with Crippen LogP contribution in [0.3, 0.4) is 0 Å². The Labute approximate surface area is 225 Å². The number of amides is 1. The molecule has 0 unspecified atom stereocenters. The lowest BCUT2D eigenvalue weighted by Crippen LogP contribution is -2.19. The van der Waals surface area contributed by atoms with E-state index in [0.29, 0.717) is 40.5 Å². The molecule has 4 aromatic rings. The molecule has 3 aromatic carbocycles. The van der Waals surface area contributed by atoms with Gasteiger partial charge in [-0.25, -0.2) is 15.4 Å². The molecule has 4 rings (SSSR count). The fourth-order valence-corrected chi connectivity index (χ4v) is 4.66. The van der Waals surface area contributed by atoms with Gasteiger partial charge in [0.15, 0.2) is 16.7 Å². The van der Waals surface area contributed by atoms with Crippen LogP contribution in [0.4, 0.5) is 0 Å². The van der Waals surface area contributed by atoms with E-state index in [4.69, 9.17) is 21.1 Å². The number of nitrogens with one attached hydrogen (secondary N) is 1. The number of rotatable bonds is 10. The number of aromatic nitrogens is 2. The van der Waals surface area contributed by atoms with Crippen LogP contribution in [0, 0.1) is 13.8 Å². The first-order valence-electron chi connectivity index (χ1n) is 11.7. The van der Waals surface area contributed by atoms with E-state index in [-0.39, 0.29) is 11.7 Å². The Bertz CT molecular complexity index is 1420. The summed E-state index contributed by atoms with van der Waals surface area (Å²) in [7, 11) is 0. The monoisotopic (exact) mass is 534 g/mol. The van der Waals surface area contributed by atoms with Crippen LogP contribution in [0.5, 0.6) is 11.5 Å². The average Bonchev–Trinajstić information content (AvgIpc) is 2.86. The Hall–Kier alpha value is -3.62. The normalized spacial score (nSPS) is 11.1. The van der Waals surface area contributed by atoms with Crippen molar-refractivity contribution in [3.8, 4) is 11.5 Å². The summed E-state index contributed by atoms with van der Waals surface area (Å²) in [5.74, 6) is 0.844. The fourth-order valence-electron chi connectivity index (χ4n) is 3.65. The summed E-state index contributed by atoms with van der Waals surface area (Å²) in [6, 6.07) is 19.7. The maximum Gasteiger partial charge on any atom is 0.250 e. The molecule has 0 bridgehead atoms. The van der Waals surface area contributed by atoms with Gasteiger partial charge in [-0.3, -0.25) is 4.79 Å². The van der Waals surface area contributed by atoms with E-state index in [0.717, 1.165) is 22.3 Å². The highest BCUT2D eigenvalue weighted by Gasteiger charge is 2.13. The van der Waals surface area contributed by atoms with Gasteiger partial charge in [-0.15, -0.1) is 0 Å². The molecule has 1 aromatic heterocycles. The molecule has 190 valence electrons. The van der Waals surface area contributed by atoms with Crippen LogP contribution < -0.4 is 14.9 Å². The van der Waals surface area contributed by atoms with Gasteiger partial charge in [0, 0.05) is 11.4 Å². The summed E-state index contributed by atoms with van der Waals surface area (Å²) in [6.45, 7) is 6.46. The van der Waals surface area contributed by atoms with Crippen LogP contribution in [0.25, 0.3) is 10.8 Å². The number of carbonyl (C=O) groups is 1.